The summed E-state index contributed by atoms with van der Waals surface area (Å²) in [7, 11) is 0. The van der Waals surface area contributed by atoms with Gasteiger partial charge in [-0.2, -0.15) is 0 Å². The van der Waals surface area contributed by atoms with E-state index in [4.69, 9.17) is 15.3 Å². The third kappa shape index (κ3) is 4.84. The Morgan fingerprint density at radius 3 is 2.00 bits per heavy atom. The number of nitrogens with zero attached hydrogens (tertiary/aromatic N) is 1. The zero-order valence-corrected chi connectivity index (χ0v) is 10.4. The molecule has 0 aliphatic carbocycles. The van der Waals surface area contributed by atoms with E-state index in [0.717, 1.165) is 4.90 Å². The van der Waals surface area contributed by atoms with Gasteiger partial charge < -0.3 is 25.5 Å². The van der Waals surface area contributed by atoms with Crippen molar-refractivity contribution in [3.63, 3.8) is 0 Å². The zero-order valence-electron chi connectivity index (χ0n) is 10.4. The van der Waals surface area contributed by atoms with Crippen LogP contribution < -0.4 is 10.2 Å². The van der Waals surface area contributed by atoms with Crippen LogP contribution in [0.15, 0.2) is 24.3 Å². The fourth-order valence-electron chi connectivity index (χ4n) is 1.62. The number of carbonyl (C=O) groups is 3. The van der Waals surface area contributed by atoms with Crippen molar-refractivity contribution in [3.8, 4) is 0 Å². The first-order valence-electron chi connectivity index (χ1n) is 5.63. The Kier molecular flexibility index (Phi) is 5.33. The Morgan fingerprint density at radius 2 is 1.50 bits per heavy atom. The van der Waals surface area contributed by atoms with Gasteiger partial charge in [0.1, 0.15) is 19.6 Å². The quantitative estimate of drug-likeness (QED) is 0.531. The van der Waals surface area contributed by atoms with E-state index in [0.29, 0.717) is 11.4 Å². The molecule has 0 aromatic heterocycles. The highest BCUT2D eigenvalue weighted by Crippen LogP contribution is 2.25. The van der Waals surface area contributed by atoms with Crippen molar-refractivity contribution in [1.82, 2.24) is 0 Å². The number of aliphatic carboxylic acids is 3. The van der Waals surface area contributed by atoms with Gasteiger partial charge in [-0.15, -0.1) is 0 Å². The Labute approximate surface area is 114 Å². The summed E-state index contributed by atoms with van der Waals surface area (Å²) in [4.78, 5) is 33.3. The number of hydrogen-bond acceptors (Lipinski definition) is 5. The molecule has 0 bridgehead atoms. The summed E-state index contributed by atoms with van der Waals surface area (Å²) in [6.45, 7) is -1.36. The SMILES string of the molecule is O=C(O)CNc1ccccc1N(CC(=O)O)CC(=O)O. The predicted octanol–water partition coefficient (Wildman–Crippen LogP) is 0.159. The molecule has 0 saturated carbocycles. The minimum absolute atomic E-state index is 0.318. The van der Waals surface area contributed by atoms with Gasteiger partial charge in [0.25, 0.3) is 0 Å². The monoisotopic (exact) mass is 282 g/mol. The molecule has 0 saturated heterocycles. The number of carboxylic acids is 3. The van der Waals surface area contributed by atoms with Crippen molar-refractivity contribution in [2.75, 3.05) is 29.9 Å². The second-order valence-electron chi connectivity index (χ2n) is 3.91. The van der Waals surface area contributed by atoms with Crippen molar-refractivity contribution in [3.05, 3.63) is 24.3 Å². The Hall–Kier alpha value is -2.77. The van der Waals surface area contributed by atoms with E-state index in [1.807, 2.05) is 0 Å². The second kappa shape index (κ2) is 6.98. The normalized spacial score (nSPS) is 9.80. The van der Waals surface area contributed by atoms with Crippen LogP contribution in [0, 0.1) is 0 Å². The van der Waals surface area contributed by atoms with E-state index in [1.165, 1.54) is 6.07 Å². The number of hydrogen-bond donors (Lipinski definition) is 4. The van der Waals surface area contributed by atoms with Gasteiger partial charge in [0.2, 0.25) is 0 Å². The number of anilines is 2. The molecule has 1 rings (SSSR count). The van der Waals surface area contributed by atoms with Crippen molar-refractivity contribution in [2.45, 2.75) is 0 Å². The van der Waals surface area contributed by atoms with Crippen molar-refractivity contribution in [1.29, 1.82) is 0 Å². The molecule has 0 atom stereocenters. The van der Waals surface area contributed by atoms with Gasteiger partial charge in [0.15, 0.2) is 0 Å². The van der Waals surface area contributed by atoms with Crippen LogP contribution in [0.4, 0.5) is 11.4 Å². The van der Waals surface area contributed by atoms with Gasteiger partial charge in [0, 0.05) is 0 Å². The van der Waals surface area contributed by atoms with Crippen LogP contribution in [0.25, 0.3) is 0 Å². The molecule has 4 N–H and O–H groups in total. The summed E-state index contributed by atoms with van der Waals surface area (Å²) >= 11 is 0. The maximum Gasteiger partial charge on any atom is 0.323 e. The van der Waals surface area contributed by atoms with Gasteiger partial charge in [-0.05, 0) is 12.1 Å². The van der Waals surface area contributed by atoms with E-state index in [2.05, 4.69) is 5.32 Å². The first-order valence-corrected chi connectivity index (χ1v) is 5.63. The molecule has 20 heavy (non-hydrogen) atoms. The van der Waals surface area contributed by atoms with Gasteiger partial charge >= 0.3 is 17.9 Å². The molecule has 0 amide bonds. The van der Waals surface area contributed by atoms with Gasteiger partial charge in [-0.25, -0.2) is 0 Å². The molecule has 0 fully saturated rings. The summed E-state index contributed by atoms with van der Waals surface area (Å²) in [5.41, 5.74) is 0.677. The van der Waals surface area contributed by atoms with E-state index in [-0.39, 0.29) is 6.54 Å². The lowest BCUT2D eigenvalue weighted by Gasteiger charge is -2.23. The lowest BCUT2D eigenvalue weighted by molar-refractivity contribution is -0.137. The smallest absolute Gasteiger partial charge is 0.323 e. The molecule has 0 aliphatic rings. The molecule has 0 heterocycles. The Bertz CT molecular complexity index is 500. The highest BCUT2D eigenvalue weighted by Gasteiger charge is 2.17. The molecule has 108 valence electrons. The topological polar surface area (TPSA) is 127 Å². The molecule has 0 unspecified atom stereocenters. The summed E-state index contributed by atoms with van der Waals surface area (Å²) < 4.78 is 0. The standard InChI is InChI=1S/C12H14N2O6/c15-10(16)5-13-8-3-1-2-4-9(8)14(6-11(17)18)7-12(19)20/h1-4,13H,5-7H2,(H,15,16)(H,17,18)(H,19,20). The van der Waals surface area contributed by atoms with E-state index in [1.54, 1.807) is 18.2 Å². The van der Waals surface area contributed by atoms with Crippen LogP contribution in [-0.4, -0.2) is 52.9 Å². The first kappa shape index (κ1) is 15.3. The van der Waals surface area contributed by atoms with Crippen molar-refractivity contribution >= 4 is 29.3 Å². The molecule has 1 aromatic rings. The Balaban J connectivity index is 3.01. The zero-order chi connectivity index (χ0) is 15.1. The van der Waals surface area contributed by atoms with Gasteiger partial charge in [0.05, 0.1) is 11.4 Å². The second-order valence-corrected chi connectivity index (χ2v) is 3.91. The van der Waals surface area contributed by atoms with Crippen molar-refractivity contribution in [2.24, 2.45) is 0 Å². The number of benzene rings is 1. The predicted molar refractivity (Wildman–Crippen MR) is 70.1 cm³/mol. The van der Waals surface area contributed by atoms with Gasteiger partial charge in [-0.1, -0.05) is 12.1 Å². The van der Waals surface area contributed by atoms with Gasteiger partial charge in [-0.3, -0.25) is 14.4 Å². The fraction of sp³-hybridized carbons (Fsp3) is 0.250. The summed E-state index contributed by atoms with van der Waals surface area (Å²) in [6, 6.07) is 6.32. The average molecular weight is 282 g/mol. The number of rotatable bonds is 8. The van der Waals surface area contributed by atoms with Crippen LogP contribution in [0.2, 0.25) is 0 Å². The first-order chi connectivity index (χ1) is 9.40. The number of nitrogens with one attached hydrogen (secondary N) is 1. The Morgan fingerprint density at radius 1 is 0.950 bits per heavy atom. The maximum atomic E-state index is 10.8. The van der Waals surface area contributed by atoms with E-state index >= 15 is 0 Å². The van der Waals surface area contributed by atoms with Crippen LogP contribution >= 0.6 is 0 Å². The molecule has 0 spiro atoms. The molecular weight excluding hydrogens is 268 g/mol. The lowest BCUT2D eigenvalue weighted by Crippen LogP contribution is -2.35. The van der Waals surface area contributed by atoms with E-state index in [9.17, 15) is 14.4 Å². The minimum Gasteiger partial charge on any atom is -0.480 e. The van der Waals surface area contributed by atoms with Crippen LogP contribution in [0.3, 0.4) is 0 Å². The van der Waals surface area contributed by atoms with Crippen LogP contribution in [0.1, 0.15) is 0 Å². The largest absolute Gasteiger partial charge is 0.480 e. The maximum absolute atomic E-state index is 10.8. The molecule has 0 aliphatic heterocycles. The van der Waals surface area contributed by atoms with Crippen LogP contribution in [-0.2, 0) is 14.4 Å². The lowest BCUT2D eigenvalue weighted by atomic mass is 10.2. The fourth-order valence-corrected chi connectivity index (χ4v) is 1.62. The molecule has 0 radical (unpaired) electrons. The summed E-state index contributed by atoms with van der Waals surface area (Å²) in [5, 5.41) is 28.9. The molecule has 8 nitrogen and oxygen atoms in total. The van der Waals surface area contributed by atoms with Crippen LogP contribution in [0.5, 0.6) is 0 Å². The minimum atomic E-state index is -1.18. The molecule has 8 heteroatoms. The highest BCUT2D eigenvalue weighted by atomic mass is 16.4. The van der Waals surface area contributed by atoms with E-state index < -0.39 is 31.0 Å². The molecule has 1 aromatic carbocycles. The molecular formula is C12H14N2O6. The summed E-state index contributed by atoms with van der Waals surface area (Å²) in [5.74, 6) is -3.44. The third-order valence-electron chi connectivity index (χ3n) is 2.33. The number of carboxylic acid groups (broad SMARTS) is 3. The third-order valence-corrected chi connectivity index (χ3v) is 2.33. The summed E-state index contributed by atoms with van der Waals surface area (Å²) in [6.07, 6.45) is 0. The van der Waals surface area contributed by atoms with Crippen molar-refractivity contribution < 1.29 is 29.7 Å². The average Bonchev–Trinajstić information content (AvgIpc) is 2.34. The number of para-hydroxylation sites is 2. The highest BCUT2D eigenvalue weighted by molar-refractivity contribution is 5.84.